The average molecular weight is 288 g/mol. The Balaban J connectivity index is 2.02. The van der Waals surface area contributed by atoms with Crippen molar-refractivity contribution in [2.45, 2.75) is 71.5 Å². The molecule has 3 unspecified atom stereocenters. The van der Waals surface area contributed by atoms with E-state index in [0.29, 0.717) is 6.04 Å². The van der Waals surface area contributed by atoms with Crippen molar-refractivity contribution < 1.29 is 0 Å². The maximum absolute atomic E-state index is 3.68. The minimum absolute atomic E-state index is 0.488. The first-order chi connectivity index (χ1) is 10.2. The van der Waals surface area contributed by atoms with Gasteiger partial charge in [0, 0.05) is 24.7 Å². The molecule has 2 rings (SSSR count). The maximum atomic E-state index is 3.68. The molecule has 0 aromatic heterocycles. The molecule has 2 heteroatoms. The minimum atomic E-state index is 0.488. The van der Waals surface area contributed by atoms with Gasteiger partial charge in [-0.05, 0) is 57.2 Å². The molecule has 1 aliphatic heterocycles. The molecule has 21 heavy (non-hydrogen) atoms. The number of hydrogen-bond donors (Lipinski definition) is 1. The highest BCUT2D eigenvalue weighted by Crippen LogP contribution is 2.28. The Kier molecular flexibility index (Phi) is 6.25. The van der Waals surface area contributed by atoms with Gasteiger partial charge < -0.3 is 5.32 Å². The molecule has 1 aromatic carbocycles. The molecule has 0 amide bonds. The monoisotopic (exact) mass is 288 g/mol. The first-order valence-corrected chi connectivity index (χ1v) is 8.72. The van der Waals surface area contributed by atoms with Gasteiger partial charge in [0.25, 0.3) is 0 Å². The molecule has 118 valence electrons. The van der Waals surface area contributed by atoms with Crippen molar-refractivity contribution in [3.05, 3.63) is 35.4 Å². The fraction of sp³-hybridized carbons (Fsp3) is 0.684. The third-order valence-electron chi connectivity index (χ3n) is 5.11. The lowest BCUT2D eigenvalue weighted by Crippen LogP contribution is -2.37. The zero-order valence-electron chi connectivity index (χ0n) is 14.2. The lowest BCUT2D eigenvalue weighted by atomic mass is 9.98. The molecule has 0 radical (unpaired) electrons. The molecule has 0 aliphatic carbocycles. The molecule has 1 saturated heterocycles. The second-order valence-corrected chi connectivity index (χ2v) is 6.48. The van der Waals surface area contributed by atoms with E-state index in [1.54, 1.807) is 0 Å². The van der Waals surface area contributed by atoms with E-state index in [1.165, 1.54) is 43.4 Å². The topological polar surface area (TPSA) is 15.3 Å². The van der Waals surface area contributed by atoms with Gasteiger partial charge in [-0.25, -0.2) is 0 Å². The van der Waals surface area contributed by atoms with Crippen molar-refractivity contribution in [2.24, 2.45) is 0 Å². The molecular weight excluding hydrogens is 256 g/mol. The van der Waals surface area contributed by atoms with Crippen LogP contribution in [0.3, 0.4) is 0 Å². The summed E-state index contributed by atoms with van der Waals surface area (Å²) in [6.45, 7) is 11.4. The van der Waals surface area contributed by atoms with Crippen LogP contribution in [0, 0.1) is 6.92 Å². The van der Waals surface area contributed by atoms with Crippen LogP contribution in [-0.4, -0.2) is 30.1 Å². The number of likely N-dealkylation sites (tertiary alicyclic amines) is 1. The fourth-order valence-corrected chi connectivity index (χ4v) is 3.84. The Labute approximate surface area is 130 Å². The summed E-state index contributed by atoms with van der Waals surface area (Å²) in [5.74, 6) is 0. The van der Waals surface area contributed by atoms with E-state index in [1.807, 2.05) is 0 Å². The Morgan fingerprint density at radius 2 is 2.00 bits per heavy atom. The van der Waals surface area contributed by atoms with Crippen molar-refractivity contribution in [3.8, 4) is 0 Å². The van der Waals surface area contributed by atoms with Crippen molar-refractivity contribution >= 4 is 0 Å². The third kappa shape index (κ3) is 4.08. The van der Waals surface area contributed by atoms with Crippen LogP contribution in [0.2, 0.25) is 0 Å². The van der Waals surface area contributed by atoms with Crippen LogP contribution in [0.1, 0.15) is 63.6 Å². The van der Waals surface area contributed by atoms with Gasteiger partial charge in [0.2, 0.25) is 0 Å². The molecule has 0 saturated carbocycles. The number of hydrogen-bond acceptors (Lipinski definition) is 2. The van der Waals surface area contributed by atoms with Crippen LogP contribution in [0.25, 0.3) is 0 Å². The summed E-state index contributed by atoms with van der Waals surface area (Å²) in [6.07, 6.45) is 5.25. The lowest BCUT2D eigenvalue weighted by molar-refractivity contribution is 0.188. The number of nitrogens with zero attached hydrogens (tertiary/aromatic N) is 1. The van der Waals surface area contributed by atoms with Crippen molar-refractivity contribution in [3.63, 3.8) is 0 Å². The van der Waals surface area contributed by atoms with E-state index in [-0.39, 0.29) is 0 Å². The quantitative estimate of drug-likeness (QED) is 0.805. The second kappa shape index (κ2) is 7.95. The van der Waals surface area contributed by atoms with Crippen LogP contribution >= 0.6 is 0 Å². The minimum Gasteiger partial charge on any atom is -0.310 e. The number of aryl methyl sites for hydroxylation is 1. The van der Waals surface area contributed by atoms with Gasteiger partial charge in [-0.15, -0.1) is 0 Å². The van der Waals surface area contributed by atoms with E-state index >= 15 is 0 Å². The Hall–Kier alpha value is -0.860. The molecule has 1 N–H and O–H groups in total. The largest absolute Gasteiger partial charge is 0.310 e. The van der Waals surface area contributed by atoms with Crippen LogP contribution in [0.15, 0.2) is 24.3 Å². The summed E-state index contributed by atoms with van der Waals surface area (Å²) in [4.78, 5) is 2.74. The number of rotatable bonds is 7. The summed E-state index contributed by atoms with van der Waals surface area (Å²) in [6, 6.07) is 10.9. The highest BCUT2D eigenvalue weighted by atomic mass is 15.2. The van der Waals surface area contributed by atoms with Gasteiger partial charge >= 0.3 is 0 Å². The highest BCUT2D eigenvalue weighted by Gasteiger charge is 2.29. The summed E-state index contributed by atoms with van der Waals surface area (Å²) < 4.78 is 0. The molecule has 1 aromatic rings. The molecule has 1 fully saturated rings. The van der Waals surface area contributed by atoms with Crippen LogP contribution in [-0.2, 0) is 0 Å². The molecule has 3 atom stereocenters. The summed E-state index contributed by atoms with van der Waals surface area (Å²) >= 11 is 0. The van der Waals surface area contributed by atoms with Gasteiger partial charge in [-0.3, -0.25) is 4.90 Å². The molecule has 1 aliphatic rings. The van der Waals surface area contributed by atoms with E-state index < -0.39 is 0 Å². The Morgan fingerprint density at radius 1 is 1.24 bits per heavy atom. The second-order valence-electron chi connectivity index (χ2n) is 6.48. The summed E-state index contributed by atoms with van der Waals surface area (Å²) in [5.41, 5.74) is 2.88. The SMILES string of the molecule is CCNC(CCN1C(C)CCC1CC)c1ccccc1C. The number of nitrogens with one attached hydrogen (secondary N) is 1. The van der Waals surface area contributed by atoms with Gasteiger partial charge in [-0.1, -0.05) is 38.1 Å². The molecule has 0 spiro atoms. The Morgan fingerprint density at radius 3 is 2.67 bits per heavy atom. The zero-order valence-corrected chi connectivity index (χ0v) is 14.2. The molecular formula is C19H32N2. The van der Waals surface area contributed by atoms with Crippen molar-refractivity contribution in [1.29, 1.82) is 0 Å². The molecule has 1 heterocycles. The van der Waals surface area contributed by atoms with E-state index in [2.05, 4.69) is 62.2 Å². The van der Waals surface area contributed by atoms with Gasteiger partial charge in [0.1, 0.15) is 0 Å². The van der Waals surface area contributed by atoms with Crippen LogP contribution in [0.5, 0.6) is 0 Å². The fourth-order valence-electron chi connectivity index (χ4n) is 3.84. The summed E-state index contributed by atoms with van der Waals surface area (Å²) in [7, 11) is 0. The van der Waals surface area contributed by atoms with Gasteiger partial charge in [-0.2, -0.15) is 0 Å². The lowest BCUT2D eigenvalue weighted by Gasteiger charge is -2.30. The number of benzene rings is 1. The van der Waals surface area contributed by atoms with Crippen molar-refractivity contribution in [2.75, 3.05) is 13.1 Å². The van der Waals surface area contributed by atoms with Crippen LogP contribution in [0.4, 0.5) is 0 Å². The Bertz CT molecular complexity index is 429. The van der Waals surface area contributed by atoms with E-state index in [9.17, 15) is 0 Å². The first kappa shape index (κ1) is 16.5. The summed E-state index contributed by atoms with van der Waals surface area (Å²) in [5, 5.41) is 3.68. The van der Waals surface area contributed by atoms with E-state index in [0.717, 1.165) is 18.6 Å². The third-order valence-corrected chi connectivity index (χ3v) is 5.11. The standard InChI is InChI=1S/C19H32N2/c1-5-17-12-11-16(4)21(17)14-13-19(20-6-2)18-10-8-7-9-15(18)3/h7-10,16-17,19-20H,5-6,11-14H2,1-4H3. The van der Waals surface area contributed by atoms with Gasteiger partial charge in [0.05, 0.1) is 0 Å². The predicted molar refractivity (Wildman–Crippen MR) is 91.7 cm³/mol. The first-order valence-electron chi connectivity index (χ1n) is 8.72. The normalized spacial score (nSPS) is 24.4. The zero-order chi connectivity index (χ0) is 15.2. The predicted octanol–water partition coefficient (Wildman–Crippen LogP) is 4.30. The van der Waals surface area contributed by atoms with Gasteiger partial charge in [0.15, 0.2) is 0 Å². The molecule has 0 bridgehead atoms. The van der Waals surface area contributed by atoms with Crippen LogP contribution < -0.4 is 5.32 Å². The van der Waals surface area contributed by atoms with Crippen molar-refractivity contribution in [1.82, 2.24) is 10.2 Å². The smallest absolute Gasteiger partial charge is 0.0334 e. The average Bonchev–Trinajstić information content (AvgIpc) is 2.84. The molecule has 2 nitrogen and oxygen atoms in total. The maximum Gasteiger partial charge on any atom is 0.0334 e. The van der Waals surface area contributed by atoms with E-state index in [4.69, 9.17) is 0 Å². The highest BCUT2D eigenvalue weighted by molar-refractivity contribution is 5.28.